The third-order valence-corrected chi connectivity index (χ3v) is 4.03. The quantitative estimate of drug-likeness (QED) is 0.894. The van der Waals surface area contributed by atoms with Crippen LogP contribution in [0.25, 0.3) is 0 Å². The largest absolute Gasteiger partial charge is 0.349 e. The molecule has 1 amide bonds. The summed E-state index contributed by atoms with van der Waals surface area (Å²) in [4.78, 5) is 12.2. The molecular weight excluding hydrogens is 260 g/mol. The highest BCUT2D eigenvalue weighted by molar-refractivity contribution is 6.30. The molecule has 1 aliphatic rings. The zero-order valence-corrected chi connectivity index (χ0v) is 12.0. The summed E-state index contributed by atoms with van der Waals surface area (Å²) < 4.78 is 0. The van der Waals surface area contributed by atoms with Gasteiger partial charge in [-0.2, -0.15) is 0 Å². The minimum absolute atomic E-state index is 0.0237. The second-order valence-corrected chi connectivity index (χ2v) is 5.85. The molecule has 0 bridgehead atoms. The van der Waals surface area contributed by atoms with E-state index in [4.69, 9.17) is 17.3 Å². The van der Waals surface area contributed by atoms with Gasteiger partial charge in [-0.15, -0.1) is 0 Å². The van der Waals surface area contributed by atoms with Crippen LogP contribution in [0.1, 0.15) is 44.2 Å². The molecule has 1 aromatic carbocycles. The summed E-state index contributed by atoms with van der Waals surface area (Å²) in [5.41, 5.74) is 6.96. The molecule has 0 heterocycles. The van der Waals surface area contributed by atoms with Crippen molar-refractivity contribution in [3.63, 3.8) is 0 Å². The summed E-state index contributed by atoms with van der Waals surface area (Å²) in [5.74, 6) is 0.174. The van der Waals surface area contributed by atoms with Crippen LogP contribution in [-0.4, -0.2) is 11.9 Å². The Labute approximate surface area is 119 Å². The van der Waals surface area contributed by atoms with E-state index in [1.807, 2.05) is 31.2 Å². The number of nitrogens with two attached hydrogens (primary N) is 1. The van der Waals surface area contributed by atoms with Crippen LogP contribution < -0.4 is 11.1 Å². The molecule has 104 valence electrons. The molecule has 3 nitrogen and oxygen atoms in total. The minimum atomic E-state index is -0.0237. The standard InChI is InChI=1S/C15H21ClN2O/c1-10(11-4-2-6-13(16)8-11)18-15(19)12-5-3-7-14(17)9-12/h2,4,6,8,10,12,14H,3,5,7,9,17H2,1H3,(H,18,19). The van der Waals surface area contributed by atoms with Crippen molar-refractivity contribution in [3.8, 4) is 0 Å². The van der Waals surface area contributed by atoms with E-state index in [1.165, 1.54) is 0 Å². The highest BCUT2D eigenvalue weighted by Crippen LogP contribution is 2.24. The fourth-order valence-corrected chi connectivity index (χ4v) is 2.85. The summed E-state index contributed by atoms with van der Waals surface area (Å²) in [6.07, 6.45) is 3.83. The van der Waals surface area contributed by atoms with E-state index in [0.29, 0.717) is 5.02 Å². The molecule has 2 rings (SSSR count). The molecule has 0 aromatic heterocycles. The average Bonchev–Trinajstić information content (AvgIpc) is 2.38. The molecule has 3 atom stereocenters. The van der Waals surface area contributed by atoms with E-state index < -0.39 is 0 Å². The first-order chi connectivity index (χ1) is 9.06. The van der Waals surface area contributed by atoms with Crippen molar-refractivity contribution in [1.29, 1.82) is 0 Å². The molecule has 4 heteroatoms. The number of benzene rings is 1. The first-order valence-corrected chi connectivity index (χ1v) is 7.25. The van der Waals surface area contributed by atoms with Gasteiger partial charge in [-0.05, 0) is 43.9 Å². The lowest BCUT2D eigenvalue weighted by atomic mass is 9.85. The molecule has 3 N–H and O–H groups in total. The first-order valence-electron chi connectivity index (χ1n) is 6.87. The Kier molecular flexibility index (Phi) is 4.83. The Hall–Kier alpha value is -1.06. The van der Waals surface area contributed by atoms with Crippen LogP contribution in [0.15, 0.2) is 24.3 Å². The van der Waals surface area contributed by atoms with Crippen LogP contribution >= 0.6 is 11.6 Å². The maximum absolute atomic E-state index is 12.2. The molecular formula is C15H21ClN2O. The molecule has 1 saturated carbocycles. The number of amides is 1. The molecule has 0 aliphatic heterocycles. The van der Waals surface area contributed by atoms with Gasteiger partial charge >= 0.3 is 0 Å². The second-order valence-electron chi connectivity index (χ2n) is 5.41. The first kappa shape index (κ1) is 14.4. The van der Waals surface area contributed by atoms with Crippen molar-refractivity contribution in [1.82, 2.24) is 5.32 Å². The van der Waals surface area contributed by atoms with Crippen molar-refractivity contribution in [2.45, 2.75) is 44.7 Å². The number of carbonyl (C=O) groups is 1. The zero-order chi connectivity index (χ0) is 13.8. The van der Waals surface area contributed by atoms with Gasteiger partial charge in [0.1, 0.15) is 0 Å². The number of hydrogen-bond donors (Lipinski definition) is 2. The van der Waals surface area contributed by atoms with Crippen molar-refractivity contribution < 1.29 is 4.79 Å². The monoisotopic (exact) mass is 280 g/mol. The summed E-state index contributed by atoms with van der Waals surface area (Å²) in [6.45, 7) is 1.98. The zero-order valence-electron chi connectivity index (χ0n) is 11.2. The lowest BCUT2D eigenvalue weighted by Gasteiger charge is -2.27. The molecule has 0 spiro atoms. The Balaban J connectivity index is 1.94. The van der Waals surface area contributed by atoms with Crippen molar-refractivity contribution in [2.75, 3.05) is 0 Å². The van der Waals surface area contributed by atoms with Gasteiger partial charge < -0.3 is 11.1 Å². The van der Waals surface area contributed by atoms with Gasteiger partial charge in [-0.3, -0.25) is 4.79 Å². The topological polar surface area (TPSA) is 55.1 Å². The SMILES string of the molecule is CC(NC(=O)C1CCCC(N)C1)c1cccc(Cl)c1. The van der Waals surface area contributed by atoms with E-state index >= 15 is 0 Å². The normalized spacial score (nSPS) is 24.8. The van der Waals surface area contributed by atoms with Crippen molar-refractivity contribution in [2.24, 2.45) is 11.7 Å². The molecule has 0 radical (unpaired) electrons. The Morgan fingerprint density at radius 2 is 2.26 bits per heavy atom. The van der Waals surface area contributed by atoms with E-state index in [1.54, 1.807) is 0 Å². The highest BCUT2D eigenvalue weighted by Gasteiger charge is 2.26. The van der Waals surface area contributed by atoms with Crippen LogP contribution in [0.2, 0.25) is 5.02 Å². The van der Waals surface area contributed by atoms with Gasteiger partial charge in [-0.1, -0.05) is 30.2 Å². The van der Waals surface area contributed by atoms with Crippen LogP contribution in [0.4, 0.5) is 0 Å². The van der Waals surface area contributed by atoms with Crippen molar-refractivity contribution in [3.05, 3.63) is 34.9 Å². The Morgan fingerprint density at radius 3 is 2.95 bits per heavy atom. The third kappa shape index (κ3) is 3.95. The predicted octanol–water partition coefficient (Wildman–Crippen LogP) is 3.03. The maximum Gasteiger partial charge on any atom is 0.223 e. The molecule has 1 fully saturated rings. The Morgan fingerprint density at radius 1 is 1.47 bits per heavy atom. The minimum Gasteiger partial charge on any atom is -0.349 e. The van der Waals surface area contributed by atoms with E-state index in [-0.39, 0.29) is 23.9 Å². The highest BCUT2D eigenvalue weighted by atomic mass is 35.5. The fraction of sp³-hybridized carbons (Fsp3) is 0.533. The van der Waals surface area contributed by atoms with Gasteiger partial charge in [0.25, 0.3) is 0 Å². The molecule has 1 aromatic rings. The average molecular weight is 281 g/mol. The number of halogens is 1. The van der Waals surface area contributed by atoms with Crippen LogP contribution in [0.3, 0.4) is 0 Å². The van der Waals surface area contributed by atoms with Crippen LogP contribution in [0.5, 0.6) is 0 Å². The lowest BCUT2D eigenvalue weighted by molar-refractivity contribution is -0.126. The molecule has 19 heavy (non-hydrogen) atoms. The fourth-order valence-electron chi connectivity index (χ4n) is 2.66. The number of rotatable bonds is 3. The maximum atomic E-state index is 12.2. The van der Waals surface area contributed by atoms with E-state index in [0.717, 1.165) is 31.2 Å². The lowest BCUT2D eigenvalue weighted by Crippen LogP contribution is -2.38. The van der Waals surface area contributed by atoms with Gasteiger partial charge in [0.05, 0.1) is 6.04 Å². The van der Waals surface area contributed by atoms with E-state index in [9.17, 15) is 4.79 Å². The van der Waals surface area contributed by atoms with Gasteiger partial charge in [0.15, 0.2) is 0 Å². The number of carbonyl (C=O) groups excluding carboxylic acids is 1. The smallest absolute Gasteiger partial charge is 0.223 e. The number of hydrogen-bond acceptors (Lipinski definition) is 2. The molecule has 0 saturated heterocycles. The third-order valence-electron chi connectivity index (χ3n) is 3.79. The summed E-state index contributed by atoms with van der Waals surface area (Å²) in [7, 11) is 0. The number of nitrogens with one attached hydrogen (secondary N) is 1. The molecule has 1 aliphatic carbocycles. The summed E-state index contributed by atoms with van der Waals surface area (Å²) in [6, 6.07) is 7.74. The predicted molar refractivity (Wildman–Crippen MR) is 77.9 cm³/mol. The van der Waals surface area contributed by atoms with Crippen LogP contribution in [-0.2, 0) is 4.79 Å². The van der Waals surface area contributed by atoms with Crippen LogP contribution in [0, 0.1) is 5.92 Å². The van der Waals surface area contributed by atoms with Gasteiger partial charge in [-0.25, -0.2) is 0 Å². The second kappa shape index (κ2) is 6.40. The summed E-state index contributed by atoms with van der Waals surface area (Å²) in [5, 5.41) is 3.75. The van der Waals surface area contributed by atoms with Gasteiger partial charge in [0, 0.05) is 17.0 Å². The summed E-state index contributed by atoms with van der Waals surface area (Å²) >= 11 is 5.96. The van der Waals surface area contributed by atoms with E-state index in [2.05, 4.69) is 5.32 Å². The van der Waals surface area contributed by atoms with Gasteiger partial charge in [0.2, 0.25) is 5.91 Å². The molecule has 3 unspecified atom stereocenters. The Bertz CT molecular complexity index is 450. The van der Waals surface area contributed by atoms with Crippen molar-refractivity contribution >= 4 is 17.5 Å².